The number of thiazole rings is 1. The highest BCUT2D eigenvalue weighted by Crippen LogP contribution is 2.24. The second-order valence-electron chi connectivity index (χ2n) is 4.78. The molecule has 0 saturated heterocycles. The molecular formula is C16H14BN3O2S. The molecule has 0 aliphatic heterocycles. The summed E-state index contributed by atoms with van der Waals surface area (Å²) in [7, 11) is -1.53. The smallest absolute Gasteiger partial charge is 0.423 e. The van der Waals surface area contributed by atoms with Gasteiger partial charge in [0.25, 0.3) is 0 Å². The van der Waals surface area contributed by atoms with Crippen molar-refractivity contribution in [3.8, 4) is 11.3 Å². The third-order valence-corrected chi connectivity index (χ3v) is 3.96. The number of rotatable bonds is 5. The maximum absolute atomic E-state index is 9.31. The van der Waals surface area contributed by atoms with Crippen LogP contribution in [0.15, 0.2) is 65.1 Å². The Balaban J connectivity index is 1.71. The van der Waals surface area contributed by atoms with Gasteiger partial charge in [0.05, 0.1) is 11.9 Å². The standard InChI is InChI=1S/C16H14BN3O2S/c21-17(22)14-9-5-4-8-13(14)10-18-20-16-19-15(11-23-16)12-6-2-1-3-7-12/h1-11,21-22H,(H,19,20). The summed E-state index contributed by atoms with van der Waals surface area (Å²) < 4.78 is 0. The van der Waals surface area contributed by atoms with Crippen LogP contribution in [0.2, 0.25) is 0 Å². The first-order valence-electron chi connectivity index (χ1n) is 6.99. The second-order valence-corrected chi connectivity index (χ2v) is 5.63. The first-order valence-corrected chi connectivity index (χ1v) is 7.87. The van der Waals surface area contributed by atoms with E-state index in [1.165, 1.54) is 11.3 Å². The van der Waals surface area contributed by atoms with E-state index in [1.54, 1.807) is 24.4 Å². The summed E-state index contributed by atoms with van der Waals surface area (Å²) in [4.78, 5) is 4.46. The largest absolute Gasteiger partial charge is 0.489 e. The first kappa shape index (κ1) is 15.4. The highest BCUT2D eigenvalue weighted by Gasteiger charge is 2.13. The van der Waals surface area contributed by atoms with Crippen LogP contribution in [0.25, 0.3) is 11.3 Å². The molecule has 0 spiro atoms. The van der Waals surface area contributed by atoms with Gasteiger partial charge in [0.1, 0.15) is 0 Å². The molecule has 1 aromatic heterocycles. The number of hydrogen-bond acceptors (Lipinski definition) is 6. The quantitative estimate of drug-likeness (QED) is 0.381. The molecule has 0 radical (unpaired) electrons. The van der Waals surface area contributed by atoms with Crippen LogP contribution in [-0.4, -0.2) is 28.4 Å². The van der Waals surface area contributed by atoms with Crippen molar-refractivity contribution in [1.29, 1.82) is 0 Å². The fourth-order valence-corrected chi connectivity index (χ4v) is 2.76. The molecule has 2 aromatic carbocycles. The fraction of sp³-hybridized carbons (Fsp3) is 0. The van der Waals surface area contributed by atoms with Gasteiger partial charge < -0.3 is 10.0 Å². The molecule has 0 fully saturated rings. The number of nitrogens with zero attached hydrogens (tertiary/aromatic N) is 2. The van der Waals surface area contributed by atoms with Gasteiger partial charge in [-0.05, 0) is 11.0 Å². The number of hydrazone groups is 1. The highest BCUT2D eigenvalue weighted by molar-refractivity contribution is 7.14. The molecule has 0 aliphatic carbocycles. The van der Waals surface area contributed by atoms with E-state index >= 15 is 0 Å². The Morgan fingerprint density at radius 2 is 1.78 bits per heavy atom. The molecule has 23 heavy (non-hydrogen) atoms. The second kappa shape index (κ2) is 7.19. The van der Waals surface area contributed by atoms with Crippen LogP contribution in [-0.2, 0) is 0 Å². The van der Waals surface area contributed by atoms with Gasteiger partial charge in [-0.3, -0.25) is 5.43 Å². The molecule has 0 saturated carbocycles. The third kappa shape index (κ3) is 3.84. The van der Waals surface area contributed by atoms with Gasteiger partial charge in [0.15, 0.2) is 0 Å². The van der Waals surface area contributed by atoms with Crippen LogP contribution in [0.5, 0.6) is 0 Å². The molecule has 1 heterocycles. The number of hydrogen-bond donors (Lipinski definition) is 3. The lowest BCUT2D eigenvalue weighted by Gasteiger charge is -2.03. The minimum atomic E-state index is -1.53. The zero-order valence-corrected chi connectivity index (χ0v) is 12.9. The van der Waals surface area contributed by atoms with Gasteiger partial charge >= 0.3 is 7.12 Å². The van der Waals surface area contributed by atoms with Crippen LogP contribution in [0.4, 0.5) is 5.13 Å². The summed E-state index contributed by atoms with van der Waals surface area (Å²) in [6.45, 7) is 0. The molecule has 3 aromatic rings. The maximum atomic E-state index is 9.31. The Labute approximate surface area is 138 Å². The zero-order chi connectivity index (χ0) is 16.1. The lowest BCUT2D eigenvalue weighted by atomic mass is 9.77. The van der Waals surface area contributed by atoms with Crippen LogP contribution in [0.3, 0.4) is 0 Å². The SMILES string of the molecule is OB(O)c1ccccc1C=NNc1nc(-c2ccccc2)cs1. The Kier molecular flexibility index (Phi) is 4.82. The Bertz CT molecular complexity index is 806. The monoisotopic (exact) mass is 323 g/mol. The van der Waals surface area contributed by atoms with E-state index < -0.39 is 7.12 Å². The minimum absolute atomic E-state index is 0.405. The molecule has 0 unspecified atom stereocenters. The number of aromatic nitrogens is 1. The van der Waals surface area contributed by atoms with Gasteiger partial charge in [0, 0.05) is 10.9 Å². The lowest BCUT2D eigenvalue weighted by molar-refractivity contribution is 0.425. The maximum Gasteiger partial charge on any atom is 0.489 e. The Hall–Kier alpha value is -2.48. The van der Waals surface area contributed by atoms with Gasteiger partial charge in [-0.1, -0.05) is 54.6 Å². The van der Waals surface area contributed by atoms with Crippen molar-refractivity contribution in [3.63, 3.8) is 0 Å². The van der Waals surface area contributed by atoms with Crippen molar-refractivity contribution in [1.82, 2.24) is 4.98 Å². The molecule has 114 valence electrons. The number of benzene rings is 2. The van der Waals surface area contributed by atoms with E-state index in [0.29, 0.717) is 16.2 Å². The van der Waals surface area contributed by atoms with Crippen LogP contribution >= 0.6 is 11.3 Å². The Morgan fingerprint density at radius 1 is 1.04 bits per heavy atom. The van der Waals surface area contributed by atoms with Crippen molar-refractivity contribution in [2.75, 3.05) is 5.43 Å². The van der Waals surface area contributed by atoms with E-state index in [-0.39, 0.29) is 0 Å². The topological polar surface area (TPSA) is 77.7 Å². The van der Waals surface area contributed by atoms with E-state index in [2.05, 4.69) is 15.5 Å². The van der Waals surface area contributed by atoms with Crippen LogP contribution < -0.4 is 10.9 Å². The normalized spacial score (nSPS) is 10.9. The summed E-state index contributed by atoms with van der Waals surface area (Å²) in [5.41, 5.74) is 5.84. The van der Waals surface area contributed by atoms with Crippen molar-refractivity contribution < 1.29 is 10.0 Å². The summed E-state index contributed by atoms with van der Waals surface area (Å²) in [5.74, 6) is 0. The summed E-state index contributed by atoms with van der Waals surface area (Å²) in [6.07, 6.45) is 1.54. The number of anilines is 1. The van der Waals surface area contributed by atoms with Crippen molar-refractivity contribution in [3.05, 3.63) is 65.5 Å². The summed E-state index contributed by atoms with van der Waals surface area (Å²) in [6, 6.07) is 16.9. The molecule has 0 atom stereocenters. The van der Waals surface area contributed by atoms with Gasteiger partial charge in [-0.2, -0.15) is 5.10 Å². The molecule has 0 bridgehead atoms. The van der Waals surface area contributed by atoms with E-state index in [1.807, 2.05) is 41.8 Å². The lowest BCUT2D eigenvalue weighted by Crippen LogP contribution is -2.32. The highest BCUT2D eigenvalue weighted by atomic mass is 32.1. The molecular weight excluding hydrogens is 309 g/mol. The van der Waals surface area contributed by atoms with Crippen molar-refractivity contribution >= 4 is 35.3 Å². The fourth-order valence-electron chi connectivity index (χ4n) is 2.09. The average molecular weight is 323 g/mol. The zero-order valence-electron chi connectivity index (χ0n) is 12.1. The van der Waals surface area contributed by atoms with Gasteiger partial charge in [-0.15, -0.1) is 11.3 Å². The number of nitrogens with one attached hydrogen (secondary N) is 1. The van der Waals surface area contributed by atoms with E-state index in [4.69, 9.17) is 0 Å². The Morgan fingerprint density at radius 3 is 2.57 bits per heavy atom. The summed E-state index contributed by atoms with van der Waals surface area (Å²) >= 11 is 1.46. The van der Waals surface area contributed by atoms with Gasteiger partial charge in [-0.25, -0.2) is 4.98 Å². The molecule has 3 rings (SSSR count). The minimum Gasteiger partial charge on any atom is -0.423 e. The molecule has 0 amide bonds. The third-order valence-electron chi connectivity index (χ3n) is 3.21. The molecule has 7 heteroatoms. The predicted molar refractivity (Wildman–Crippen MR) is 95.0 cm³/mol. The first-order chi connectivity index (χ1) is 11.2. The summed E-state index contributed by atoms with van der Waals surface area (Å²) in [5, 5.41) is 25.4. The van der Waals surface area contributed by atoms with Gasteiger partial charge in [0.2, 0.25) is 5.13 Å². The predicted octanol–water partition coefficient (Wildman–Crippen LogP) is 1.94. The molecule has 0 aliphatic rings. The van der Waals surface area contributed by atoms with E-state index in [0.717, 1.165) is 11.3 Å². The van der Waals surface area contributed by atoms with Crippen molar-refractivity contribution in [2.45, 2.75) is 0 Å². The average Bonchev–Trinajstić information content (AvgIpc) is 3.05. The van der Waals surface area contributed by atoms with Crippen LogP contribution in [0.1, 0.15) is 5.56 Å². The van der Waals surface area contributed by atoms with E-state index in [9.17, 15) is 10.0 Å². The van der Waals surface area contributed by atoms with Crippen molar-refractivity contribution in [2.24, 2.45) is 5.10 Å². The molecule has 3 N–H and O–H groups in total. The molecule has 5 nitrogen and oxygen atoms in total. The van der Waals surface area contributed by atoms with Crippen LogP contribution in [0, 0.1) is 0 Å².